The number of rotatable bonds is 6. The first-order valence-corrected chi connectivity index (χ1v) is 5.05. The van der Waals surface area contributed by atoms with Gasteiger partial charge in [0.15, 0.2) is 0 Å². The topological polar surface area (TPSA) is 0 Å². The van der Waals surface area contributed by atoms with E-state index in [1.54, 1.807) is 0 Å². The van der Waals surface area contributed by atoms with Crippen molar-refractivity contribution in [3.63, 3.8) is 0 Å². The van der Waals surface area contributed by atoms with Crippen molar-refractivity contribution in [2.45, 2.75) is 32.1 Å². The lowest BCUT2D eigenvalue weighted by Crippen LogP contribution is -1.72. The van der Waals surface area contributed by atoms with Crippen molar-refractivity contribution < 1.29 is 0 Å². The van der Waals surface area contributed by atoms with Crippen LogP contribution in [-0.2, 0) is 0 Å². The molecule has 0 amide bonds. The highest BCUT2D eigenvalue weighted by molar-refractivity contribution is 5.27. The van der Waals surface area contributed by atoms with Gasteiger partial charge in [0.25, 0.3) is 0 Å². The average Bonchev–Trinajstić information content (AvgIpc) is 2.63. The molecule has 13 heavy (non-hydrogen) atoms. The van der Waals surface area contributed by atoms with Gasteiger partial charge in [-0.1, -0.05) is 36.5 Å². The van der Waals surface area contributed by atoms with Crippen LogP contribution in [0.5, 0.6) is 0 Å². The third kappa shape index (κ3) is 4.51. The second kappa shape index (κ2) is 6.47. The summed E-state index contributed by atoms with van der Waals surface area (Å²) in [6.07, 6.45) is 19.0. The molecule has 0 spiro atoms. The molecule has 0 atom stereocenters. The standard InChI is InChI=1S/C13H18/c1-2-3-4-5-6-7-10-13-11-8-9-12-13/h2,6-8,11-12H,1,3-5,9-10H2. The zero-order valence-corrected chi connectivity index (χ0v) is 8.21. The van der Waals surface area contributed by atoms with Gasteiger partial charge in [0.2, 0.25) is 0 Å². The highest BCUT2D eigenvalue weighted by atomic mass is 14.0. The monoisotopic (exact) mass is 174 g/mol. The van der Waals surface area contributed by atoms with Crippen LogP contribution in [0.15, 0.2) is 48.6 Å². The minimum absolute atomic E-state index is 1.10. The van der Waals surface area contributed by atoms with Gasteiger partial charge in [0.1, 0.15) is 0 Å². The molecule has 0 heteroatoms. The van der Waals surface area contributed by atoms with Gasteiger partial charge >= 0.3 is 0 Å². The summed E-state index contributed by atoms with van der Waals surface area (Å²) in [6, 6.07) is 0. The van der Waals surface area contributed by atoms with E-state index in [0.29, 0.717) is 0 Å². The van der Waals surface area contributed by atoms with Gasteiger partial charge in [-0.05, 0) is 37.7 Å². The normalized spacial score (nSPS) is 15.2. The van der Waals surface area contributed by atoms with Crippen molar-refractivity contribution in [2.24, 2.45) is 0 Å². The molecule has 0 N–H and O–H groups in total. The molecule has 0 unspecified atom stereocenters. The lowest BCUT2D eigenvalue weighted by molar-refractivity contribution is 0.867. The predicted molar refractivity (Wildman–Crippen MR) is 59.6 cm³/mol. The molecule has 0 aliphatic heterocycles. The summed E-state index contributed by atoms with van der Waals surface area (Å²) in [6.45, 7) is 3.70. The van der Waals surface area contributed by atoms with E-state index in [-0.39, 0.29) is 0 Å². The van der Waals surface area contributed by atoms with E-state index in [2.05, 4.69) is 37.0 Å². The van der Waals surface area contributed by atoms with E-state index in [4.69, 9.17) is 0 Å². The fourth-order valence-corrected chi connectivity index (χ4v) is 1.38. The molecular formula is C13H18. The maximum Gasteiger partial charge on any atom is -0.0101 e. The van der Waals surface area contributed by atoms with Crippen LogP contribution >= 0.6 is 0 Å². The average molecular weight is 174 g/mol. The summed E-state index contributed by atoms with van der Waals surface area (Å²) in [4.78, 5) is 0. The Kier molecular flexibility index (Phi) is 5.00. The number of unbranched alkanes of at least 4 members (excludes halogenated alkanes) is 2. The van der Waals surface area contributed by atoms with Gasteiger partial charge in [-0.25, -0.2) is 0 Å². The third-order valence-corrected chi connectivity index (χ3v) is 2.15. The van der Waals surface area contributed by atoms with Crippen LogP contribution in [0.4, 0.5) is 0 Å². The smallest absolute Gasteiger partial charge is 0.0101 e. The molecule has 0 aromatic carbocycles. The molecule has 1 aliphatic rings. The summed E-state index contributed by atoms with van der Waals surface area (Å²) >= 11 is 0. The molecule has 0 saturated heterocycles. The summed E-state index contributed by atoms with van der Waals surface area (Å²) in [5.41, 5.74) is 1.46. The van der Waals surface area contributed by atoms with E-state index in [9.17, 15) is 0 Å². The molecule has 1 rings (SSSR count). The van der Waals surface area contributed by atoms with Crippen LogP contribution < -0.4 is 0 Å². The molecule has 0 nitrogen and oxygen atoms in total. The number of hydrogen-bond donors (Lipinski definition) is 0. The Morgan fingerprint density at radius 1 is 1.31 bits per heavy atom. The van der Waals surface area contributed by atoms with Gasteiger partial charge in [0.05, 0.1) is 0 Å². The lowest BCUT2D eigenvalue weighted by atomic mass is 10.1. The summed E-state index contributed by atoms with van der Waals surface area (Å²) in [5.74, 6) is 0. The molecule has 0 radical (unpaired) electrons. The SMILES string of the molecule is C=CCCCC=CCC1=CCC=C1. The first kappa shape index (κ1) is 10.0. The Hall–Kier alpha value is -1.04. The van der Waals surface area contributed by atoms with Gasteiger partial charge in [-0.15, -0.1) is 6.58 Å². The minimum atomic E-state index is 1.10. The van der Waals surface area contributed by atoms with E-state index in [1.165, 1.54) is 18.4 Å². The third-order valence-electron chi connectivity index (χ3n) is 2.15. The van der Waals surface area contributed by atoms with Crippen molar-refractivity contribution in [3.8, 4) is 0 Å². The predicted octanol–water partition coefficient (Wildman–Crippen LogP) is 4.18. The largest absolute Gasteiger partial charge is 0.103 e. The Bertz CT molecular complexity index is 228. The van der Waals surface area contributed by atoms with Crippen molar-refractivity contribution in [3.05, 3.63) is 48.6 Å². The Morgan fingerprint density at radius 3 is 2.92 bits per heavy atom. The maximum absolute atomic E-state index is 3.70. The number of allylic oxidation sites excluding steroid dienone is 7. The molecule has 0 aromatic rings. The van der Waals surface area contributed by atoms with Gasteiger partial charge < -0.3 is 0 Å². The van der Waals surface area contributed by atoms with Crippen molar-refractivity contribution in [1.29, 1.82) is 0 Å². The van der Waals surface area contributed by atoms with E-state index < -0.39 is 0 Å². The van der Waals surface area contributed by atoms with E-state index in [1.807, 2.05) is 6.08 Å². The minimum Gasteiger partial charge on any atom is -0.103 e. The molecular weight excluding hydrogens is 156 g/mol. The summed E-state index contributed by atoms with van der Waals surface area (Å²) < 4.78 is 0. The van der Waals surface area contributed by atoms with E-state index >= 15 is 0 Å². The van der Waals surface area contributed by atoms with Gasteiger partial charge in [-0.2, -0.15) is 0 Å². The molecule has 1 aliphatic carbocycles. The molecule has 0 saturated carbocycles. The van der Waals surface area contributed by atoms with Crippen LogP contribution in [0.3, 0.4) is 0 Å². The van der Waals surface area contributed by atoms with Crippen LogP contribution in [-0.4, -0.2) is 0 Å². The zero-order chi connectivity index (χ0) is 9.36. The highest BCUT2D eigenvalue weighted by Crippen LogP contribution is 2.13. The molecule has 0 heterocycles. The molecule has 0 bridgehead atoms. The fraction of sp³-hybridized carbons (Fsp3) is 0.385. The molecule has 0 aromatic heterocycles. The second-order valence-corrected chi connectivity index (χ2v) is 3.31. The fourth-order valence-electron chi connectivity index (χ4n) is 1.38. The van der Waals surface area contributed by atoms with Crippen LogP contribution in [0.1, 0.15) is 32.1 Å². The van der Waals surface area contributed by atoms with Crippen molar-refractivity contribution >= 4 is 0 Å². The second-order valence-electron chi connectivity index (χ2n) is 3.31. The summed E-state index contributed by atoms with van der Waals surface area (Å²) in [7, 11) is 0. The first-order chi connectivity index (χ1) is 6.43. The Labute approximate surface area is 81.4 Å². The van der Waals surface area contributed by atoms with E-state index in [0.717, 1.165) is 19.3 Å². The van der Waals surface area contributed by atoms with Crippen LogP contribution in [0, 0.1) is 0 Å². The van der Waals surface area contributed by atoms with Crippen molar-refractivity contribution in [1.82, 2.24) is 0 Å². The quantitative estimate of drug-likeness (QED) is 0.418. The number of hydrogen-bond acceptors (Lipinski definition) is 0. The van der Waals surface area contributed by atoms with Gasteiger partial charge in [-0.3, -0.25) is 0 Å². The molecule has 0 fully saturated rings. The maximum atomic E-state index is 3.70. The summed E-state index contributed by atoms with van der Waals surface area (Å²) in [5, 5.41) is 0. The van der Waals surface area contributed by atoms with Gasteiger partial charge in [0, 0.05) is 0 Å². The first-order valence-electron chi connectivity index (χ1n) is 5.05. The highest BCUT2D eigenvalue weighted by Gasteiger charge is 1.92. The van der Waals surface area contributed by atoms with Crippen LogP contribution in [0.25, 0.3) is 0 Å². The lowest BCUT2D eigenvalue weighted by Gasteiger charge is -1.92. The Morgan fingerprint density at radius 2 is 2.23 bits per heavy atom. The van der Waals surface area contributed by atoms with Crippen LogP contribution in [0.2, 0.25) is 0 Å². The molecule has 70 valence electrons. The van der Waals surface area contributed by atoms with Crippen molar-refractivity contribution in [2.75, 3.05) is 0 Å². The Balaban J connectivity index is 2.04. The zero-order valence-electron chi connectivity index (χ0n) is 8.21.